The van der Waals surface area contributed by atoms with E-state index in [1.54, 1.807) is 11.3 Å². The molecule has 0 N–H and O–H groups in total. The first kappa shape index (κ1) is 8.26. The highest BCUT2D eigenvalue weighted by Gasteiger charge is 1.97. The van der Waals surface area contributed by atoms with Crippen LogP contribution in [0.5, 0.6) is 0 Å². The maximum atomic E-state index is 2.33. The Morgan fingerprint density at radius 3 is 2.67 bits per heavy atom. The molecule has 1 aromatic heterocycles. The molecule has 0 bridgehead atoms. The van der Waals surface area contributed by atoms with E-state index in [1.807, 2.05) is 0 Å². The van der Waals surface area contributed by atoms with Crippen LogP contribution in [0.25, 0.3) is 10.4 Å². The Kier molecular flexibility index (Phi) is 2.46. The summed E-state index contributed by atoms with van der Waals surface area (Å²) >= 11 is 4.12. The second-order valence-electron chi connectivity index (χ2n) is 2.49. The maximum Gasteiger partial charge on any atom is 0.0343 e. The molecule has 2 rings (SSSR count). The molecule has 1 heterocycles. The molecule has 0 aliphatic rings. The number of thiophene rings is 1. The predicted octanol–water partition coefficient (Wildman–Crippen LogP) is 4.02. The molecule has 1 aromatic carbocycles. The number of hydrogen-bond acceptors (Lipinski definition) is 1. The molecule has 0 aliphatic carbocycles. The summed E-state index contributed by atoms with van der Waals surface area (Å²) in [5, 5.41) is 2.11. The fourth-order valence-electron chi connectivity index (χ4n) is 1.08. The molecule has 12 heavy (non-hydrogen) atoms. The van der Waals surface area contributed by atoms with Gasteiger partial charge in [-0.25, -0.2) is 0 Å². The van der Waals surface area contributed by atoms with Gasteiger partial charge in [-0.05, 0) is 51.7 Å². The van der Waals surface area contributed by atoms with E-state index in [0.29, 0.717) is 0 Å². The molecule has 0 aliphatic heterocycles. The lowest BCUT2D eigenvalue weighted by atomic mass is 10.2. The van der Waals surface area contributed by atoms with Crippen LogP contribution < -0.4 is 0 Å². The number of halogens is 1. The molecular weight excluding hydrogens is 279 g/mol. The van der Waals surface area contributed by atoms with Crippen LogP contribution in [0, 0.1) is 3.57 Å². The standard InChI is InChI=1S/C10H7IS/c11-9-4-1-3-8(7-9)10-5-2-6-12-10/h1-7H. The first-order valence-corrected chi connectivity index (χ1v) is 5.61. The van der Waals surface area contributed by atoms with Crippen LogP contribution in [0.1, 0.15) is 0 Å². The molecule has 0 spiro atoms. The highest BCUT2D eigenvalue weighted by molar-refractivity contribution is 14.1. The largest absolute Gasteiger partial charge is 0.144 e. The summed E-state index contributed by atoms with van der Waals surface area (Å²) in [4.78, 5) is 1.34. The van der Waals surface area contributed by atoms with Crippen molar-refractivity contribution in [3.05, 3.63) is 45.3 Å². The van der Waals surface area contributed by atoms with Gasteiger partial charge in [-0.1, -0.05) is 18.2 Å². The predicted molar refractivity (Wildman–Crippen MR) is 62.5 cm³/mol. The van der Waals surface area contributed by atoms with Gasteiger partial charge in [0.1, 0.15) is 0 Å². The second-order valence-corrected chi connectivity index (χ2v) is 4.68. The molecule has 0 unspecified atom stereocenters. The lowest BCUT2D eigenvalue weighted by Gasteiger charge is -1.96. The van der Waals surface area contributed by atoms with E-state index in [9.17, 15) is 0 Å². The van der Waals surface area contributed by atoms with Crippen molar-refractivity contribution >= 4 is 33.9 Å². The molecule has 0 atom stereocenters. The van der Waals surface area contributed by atoms with Crippen molar-refractivity contribution in [2.24, 2.45) is 0 Å². The molecule has 60 valence electrons. The zero-order chi connectivity index (χ0) is 8.39. The average molecular weight is 286 g/mol. The van der Waals surface area contributed by atoms with Crippen LogP contribution >= 0.6 is 33.9 Å². The summed E-state index contributed by atoms with van der Waals surface area (Å²) in [7, 11) is 0. The number of hydrogen-bond donors (Lipinski definition) is 0. The van der Waals surface area contributed by atoms with Gasteiger partial charge in [-0.3, -0.25) is 0 Å². The van der Waals surface area contributed by atoms with Crippen molar-refractivity contribution in [3.63, 3.8) is 0 Å². The summed E-state index contributed by atoms with van der Waals surface area (Å²) in [5.74, 6) is 0. The van der Waals surface area contributed by atoms with Crippen molar-refractivity contribution in [2.45, 2.75) is 0 Å². The van der Waals surface area contributed by atoms with Crippen molar-refractivity contribution in [2.75, 3.05) is 0 Å². The first-order chi connectivity index (χ1) is 5.86. The minimum Gasteiger partial charge on any atom is -0.144 e. The fourth-order valence-corrected chi connectivity index (χ4v) is 2.35. The fraction of sp³-hybridized carbons (Fsp3) is 0. The quantitative estimate of drug-likeness (QED) is 0.695. The van der Waals surface area contributed by atoms with Crippen LogP contribution in [0.4, 0.5) is 0 Å². The van der Waals surface area contributed by atoms with E-state index in [4.69, 9.17) is 0 Å². The summed E-state index contributed by atoms with van der Waals surface area (Å²) in [5.41, 5.74) is 1.32. The van der Waals surface area contributed by atoms with Gasteiger partial charge >= 0.3 is 0 Å². The summed E-state index contributed by atoms with van der Waals surface area (Å²) in [6.07, 6.45) is 0. The molecule has 0 radical (unpaired) electrons. The Balaban J connectivity index is 2.48. The van der Waals surface area contributed by atoms with Crippen LogP contribution in [0.2, 0.25) is 0 Å². The van der Waals surface area contributed by atoms with E-state index in [1.165, 1.54) is 14.0 Å². The molecule has 0 fully saturated rings. The third-order valence-corrected chi connectivity index (χ3v) is 3.22. The lowest BCUT2D eigenvalue weighted by molar-refractivity contribution is 1.64. The molecule has 2 aromatic rings. The van der Waals surface area contributed by atoms with Crippen molar-refractivity contribution < 1.29 is 0 Å². The van der Waals surface area contributed by atoms with Crippen LogP contribution in [-0.4, -0.2) is 0 Å². The van der Waals surface area contributed by atoms with Crippen molar-refractivity contribution in [1.82, 2.24) is 0 Å². The summed E-state index contributed by atoms with van der Waals surface area (Å²) in [6, 6.07) is 12.8. The zero-order valence-corrected chi connectivity index (χ0v) is 9.30. The van der Waals surface area contributed by atoms with E-state index in [0.717, 1.165) is 0 Å². The Bertz CT molecular complexity index is 365. The third-order valence-electron chi connectivity index (χ3n) is 1.63. The van der Waals surface area contributed by atoms with E-state index in [2.05, 4.69) is 64.4 Å². The van der Waals surface area contributed by atoms with Gasteiger partial charge in [0.2, 0.25) is 0 Å². The van der Waals surface area contributed by atoms with Crippen LogP contribution in [0.3, 0.4) is 0 Å². The maximum absolute atomic E-state index is 2.33. The Labute approximate surface area is 89.4 Å². The van der Waals surface area contributed by atoms with Crippen LogP contribution in [0.15, 0.2) is 41.8 Å². The SMILES string of the molecule is Ic1cccc(-c2cccs2)c1. The van der Waals surface area contributed by atoms with Crippen molar-refractivity contribution in [1.29, 1.82) is 0 Å². The van der Waals surface area contributed by atoms with E-state index < -0.39 is 0 Å². The third kappa shape index (κ3) is 1.69. The van der Waals surface area contributed by atoms with Gasteiger partial charge in [0, 0.05) is 8.45 Å². The van der Waals surface area contributed by atoms with Crippen molar-refractivity contribution in [3.8, 4) is 10.4 Å². The van der Waals surface area contributed by atoms with Gasteiger partial charge in [0.05, 0.1) is 0 Å². The van der Waals surface area contributed by atoms with Crippen LogP contribution in [-0.2, 0) is 0 Å². The summed E-state index contributed by atoms with van der Waals surface area (Å²) in [6.45, 7) is 0. The van der Waals surface area contributed by atoms with Gasteiger partial charge < -0.3 is 0 Å². The normalized spacial score (nSPS) is 10.1. The molecule has 0 nitrogen and oxygen atoms in total. The van der Waals surface area contributed by atoms with E-state index in [-0.39, 0.29) is 0 Å². The van der Waals surface area contributed by atoms with E-state index >= 15 is 0 Å². The summed E-state index contributed by atoms with van der Waals surface area (Å²) < 4.78 is 1.29. The highest BCUT2D eigenvalue weighted by atomic mass is 127. The first-order valence-electron chi connectivity index (χ1n) is 3.66. The zero-order valence-electron chi connectivity index (χ0n) is 6.33. The average Bonchev–Trinajstić information content (AvgIpc) is 2.56. The van der Waals surface area contributed by atoms with Gasteiger partial charge in [0.25, 0.3) is 0 Å². The Morgan fingerprint density at radius 2 is 2.00 bits per heavy atom. The molecule has 0 saturated carbocycles. The lowest BCUT2D eigenvalue weighted by Crippen LogP contribution is -1.73. The smallest absolute Gasteiger partial charge is 0.0343 e. The highest BCUT2D eigenvalue weighted by Crippen LogP contribution is 2.25. The van der Waals surface area contributed by atoms with Gasteiger partial charge in [0.15, 0.2) is 0 Å². The molecule has 2 heteroatoms. The Morgan fingerprint density at radius 1 is 1.08 bits per heavy atom. The number of rotatable bonds is 1. The molecular formula is C10H7IS. The minimum atomic E-state index is 1.29. The van der Waals surface area contributed by atoms with Gasteiger partial charge in [-0.2, -0.15) is 0 Å². The topological polar surface area (TPSA) is 0 Å². The number of benzene rings is 1. The van der Waals surface area contributed by atoms with Gasteiger partial charge in [-0.15, -0.1) is 11.3 Å². The monoisotopic (exact) mass is 286 g/mol. The molecule has 0 saturated heterocycles. The Hall–Kier alpha value is -0.350. The minimum absolute atomic E-state index is 1.29. The molecule has 0 amide bonds. The second kappa shape index (κ2) is 3.58.